The highest BCUT2D eigenvalue weighted by molar-refractivity contribution is 6.31. The highest BCUT2D eigenvalue weighted by Crippen LogP contribution is 2.52. The fourth-order valence-electron chi connectivity index (χ4n) is 5.92. The van der Waals surface area contributed by atoms with E-state index in [2.05, 4.69) is 34.6 Å². The van der Waals surface area contributed by atoms with Crippen molar-refractivity contribution in [2.75, 3.05) is 37.4 Å². The molecule has 0 fully saturated rings. The van der Waals surface area contributed by atoms with E-state index >= 15 is 0 Å². The maximum absolute atomic E-state index is 14.3. The van der Waals surface area contributed by atoms with Crippen LogP contribution in [0.2, 0.25) is 10.0 Å². The van der Waals surface area contributed by atoms with Crippen molar-refractivity contribution in [2.45, 2.75) is 63.3 Å². The van der Waals surface area contributed by atoms with Crippen molar-refractivity contribution in [3.8, 4) is 0 Å². The van der Waals surface area contributed by atoms with E-state index in [1.165, 1.54) is 19.3 Å². The van der Waals surface area contributed by atoms with E-state index in [-0.39, 0.29) is 24.3 Å². The zero-order chi connectivity index (χ0) is 28.4. The lowest BCUT2D eigenvalue weighted by molar-refractivity contribution is -0.126. The molecule has 8 nitrogen and oxygen atoms in total. The summed E-state index contributed by atoms with van der Waals surface area (Å²) in [5.74, 6) is 0.0498. The molecule has 1 spiro atoms. The van der Waals surface area contributed by atoms with Crippen LogP contribution in [0.15, 0.2) is 42.5 Å². The molecule has 1 N–H and O–H groups in total. The number of hydrogen-bond donors (Lipinski definition) is 1. The molecule has 0 bridgehead atoms. The van der Waals surface area contributed by atoms with E-state index in [4.69, 9.17) is 23.2 Å². The number of unbranched alkanes of at least 4 members (excludes halogenated alkanes) is 5. The number of nitrogens with zero attached hydrogens (tertiary/aromatic N) is 5. The van der Waals surface area contributed by atoms with Gasteiger partial charge in [0.2, 0.25) is 11.8 Å². The molecule has 2 atom stereocenters. The van der Waals surface area contributed by atoms with Crippen molar-refractivity contribution in [1.29, 1.82) is 0 Å². The molecule has 0 saturated carbocycles. The van der Waals surface area contributed by atoms with Crippen LogP contribution >= 0.6 is 23.2 Å². The van der Waals surface area contributed by atoms with Crippen LogP contribution in [0.1, 0.15) is 74.7 Å². The van der Waals surface area contributed by atoms with Crippen molar-refractivity contribution in [1.82, 2.24) is 19.9 Å². The molecule has 2 aromatic carbocycles. The lowest BCUT2D eigenvalue weighted by atomic mass is 9.73. The van der Waals surface area contributed by atoms with Gasteiger partial charge in [-0.05, 0) is 81.9 Å². The Hall–Kier alpha value is -2.94. The predicted octanol–water partition coefficient (Wildman–Crippen LogP) is 6.07. The summed E-state index contributed by atoms with van der Waals surface area (Å²) in [4.78, 5) is 31.6. The number of fused-ring (bicyclic) bond motifs is 4. The molecule has 3 aromatic rings. The summed E-state index contributed by atoms with van der Waals surface area (Å²) < 4.78 is 1.67. The molecule has 1 unspecified atom stereocenters. The molecule has 1 aromatic heterocycles. The Bertz CT molecular complexity index is 1390. The van der Waals surface area contributed by atoms with Crippen molar-refractivity contribution < 1.29 is 9.59 Å². The van der Waals surface area contributed by atoms with Gasteiger partial charge in [0.25, 0.3) is 0 Å². The van der Waals surface area contributed by atoms with Crippen LogP contribution in [0, 0.1) is 0 Å². The first-order valence-electron chi connectivity index (χ1n) is 14.0. The summed E-state index contributed by atoms with van der Waals surface area (Å²) in [5.41, 5.74) is 1.67. The Morgan fingerprint density at radius 1 is 0.975 bits per heavy atom. The van der Waals surface area contributed by atoms with Crippen molar-refractivity contribution >= 4 is 46.5 Å². The van der Waals surface area contributed by atoms with Crippen molar-refractivity contribution in [2.24, 2.45) is 0 Å². The van der Waals surface area contributed by atoms with Crippen LogP contribution in [0.25, 0.3) is 0 Å². The molecule has 3 heterocycles. The third-order valence-corrected chi connectivity index (χ3v) is 8.55. The number of benzene rings is 2. The fraction of sp³-hybridized carbons (Fsp3) is 0.467. The molecular formula is C30H36Cl2N6O2. The number of nitrogens with one attached hydrogen (secondary N) is 1. The van der Waals surface area contributed by atoms with Gasteiger partial charge in [0.05, 0.1) is 12.5 Å². The Morgan fingerprint density at radius 2 is 1.65 bits per heavy atom. The van der Waals surface area contributed by atoms with E-state index in [1.807, 2.05) is 48.2 Å². The molecule has 0 saturated heterocycles. The van der Waals surface area contributed by atoms with Crippen LogP contribution < -0.4 is 10.2 Å². The summed E-state index contributed by atoms with van der Waals surface area (Å²) in [7, 11) is 4.20. The van der Waals surface area contributed by atoms with Gasteiger partial charge in [-0.1, -0.05) is 66.2 Å². The van der Waals surface area contributed by atoms with Crippen LogP contribution in [0.3, 0.4) is 0 Å². The first-order valence-corrected chi connectivity index (χ1v) is 14.8. The number of anilines is 2. The van der Waals surface area contributed by atoms with Crippen LogP contribution in [-0.2, 0) is 15.0 Å². The standard InChI is InChI=1S/C30H36Cl2N6O2/c1-20(21-10-12-22(31)13-11-21)38-28-27(34-35-38)30(19-26(39)33-28)24-18-23(32)14-15-25(24)37(29(30)40)17-9-7-5-4-6-8-16-36(2)3/h10-15,18,20H,4-9,16-17,19H2,1-3H3,(H,33,39)/t20?,30-/m1/s1. The monoisotopic (exact) mass is 582 g/mol. The molecule has 2 aliphatic rings. The average molecular weight is 584 g/mol. The van der Waals surface area contributed by atoms with Gasteiger partial charge in [-0.3, -0.25) is 9.59 Å². The molecular weight excluding hydrogens is 547 g/mol. The number of amides is 2. The molecule has 0 radical (unpaired) electrons. The molecule has 212 valence electrons. The van der Waals surface area contributed by atoms with Gasteiger partial charge in [0, 0.05) is 22.3 Å². The van der Waals surface area contributed by atoms with E-state index in [0.29, 0.717) is 28.1 Å². The fourth-order valence-corrected chi connectivity index (χ4v) is 6.22. The van der Waals surface area contributed by atoms with Crippen LogP contribution in [0.5, 0.6) is 0 Å². The lowest BCUT2D eigenvalue weighted by Crippen LogP contribution is -2.47. The minimum absolute atomic E-state index is 0.0391. The highest BCUT2D eigenvalue weighted by atomic mass is 35.5. The first kappa shape index (κ1) is 28.6. The third-order valence-electron chi connectivity index (χ3n) is 8.06. The molecule has 0 aliphatic carbocycles. The summed E-state index contributed by atoms with van der Waals surface area (Å²) in [6.07, 6.45) is 6.64. The van der Waals surface area contributed by atoms with E-state index in [0.717, 1.165) is 42.6 Å². The maximum atomic E-state index is 14.3. The van der Waals surface area contributed by atoms with E-state index in [9.17, 15) is 9.59 Å². The van der Waals surface area contributed by atoms with Gasteiger partial charge in [-0.15, -0.1) is 5.10 Å². The second-order valence-corrected chi connectivity index (χ2v) is 12.0. The summed E-state index contributed by atoms with van der Waals surface area (Å²) in [5, 5.41) is 13.1. The number of aromatic nitrogens is 3. The summed E-state index contributed by atoms with van der Waals surface area (Å²) >= 11 is 12.5. The van der Waals surface area contributed by atoms with Crippen LogP contribution in [-0.4, -0.2) is 58.9 Å². The van der Waals surface area contributed by atoms with Gasteiger partial charge in [-0.25, -0.2) is 4.68 Å². The third kappa shape index (κ3) is 5.37. The largest absolute Gasteiger partial charge is 0.311 e. The second kappa shape index (κ2) is 11.9. The zero-order valence-corrected chi connectivity index (χ0v) is 24.8. The smallest absolute Gasteiger partial charge is 0.244 e. The molecule has 40 heavy (non-hydrogen) atoms. The summed E-state index contributed by atoms with van der Waals surface area (Å²) in [6.45, 7) is 3.67. The minimum Gasteiger partial charge on any atom is -0.311 e. The molecule has 2 aliphatic heterocycles. The maximum Gasteiger partial charge on any atom is 0.244 e. The molecule has 10 heteroatoms. The average Bonchev–Trinajstić information content (AvgIpc) is 3.44. The number of carbonyl (C=O) groups excluding carboxylic acids is 2. The topological polar surface area (TPSA) is 83.4 Å². The van der Waals surface area contributed by atoms with Gasteiger partial charge in [0.15, 0.2) is 5.82 Å². The van der Waals surface area contributed by atoms with Gasteiger partial charge < -0.3 is 15.1 Å². The molecule has 5 rings (SSSR count). The zero-order valence-electron chi connectivity index (χ0n) is 23.3. The minimum atomic E-state index is -1.26. The van der Waals surface area contributed by atoms with Crippen molar-refractivity contribution in [3.63, 3.8) is 0 Å². The Labute approximate surface area is 245 Å². The van der Waals surface area contributed by atoms with E-state index in [1.54, 1.807) is 10.7 Å². The lowest BCUT2D eigenvalue weighted by Gasteiger charge is -2.31. The highest BCUT2D eigenvalue weighted by Gasteiger charge is 2.58. The molecule has 2 amide bonds. The summed E-state index contributed by atoms with van der Waals surface area (Å²) in [6, 6.07) is 12.7. The van der Waals surface area contributed by atoms with Gasteiger partial charge in [-0.2, -0.15) is 0 Å². The number of rotatable bonds is 11. The SMILES string of the molecule is CC(c1ccc(Cl)cc1)n1nnc2c1NC(=O)C[C@]21C(=O)N(CCCCCCCCN(C)C)c2ccc(Cl)cc21. The quantitative estimate of drug-likeness (QED) is 0.277. The Kier molecular flexibility index (Phi) is 8.50. The van der Waals surface area contributed by atoms with Gasteiger partial charge >= 0.3 is 0 Å². The number of hydrogen-bond acceptors (Lipinski definition) is 5. The van der Waals surface area contributed by atoms with Crippen LogP contribution in [0.4, 0.5) is 11.5 Å². The predicted molar refractivity (Wildman–Crippen MR) is 159 cm³/mol. The van der Waals surface area contributed by atoms with Crippen molar-refractivity contribution in [3.05, 3.63) is 69.3 Å². The normalized spacial score (nSPS) is 18.8. The number of carbonyl (C=O) groups is 2. The van der Waals surface area contributed by atoms with Gasteiger partial charge in [0.1, 0.15) is 11.1 Å². The first-order chi connectivity index (χ1) is 19.2. The number of halogens is 2. The van der Waals surface area contributed by atoms with E-state index < -0.39 is 5.41 Å². The Balaban J connectivity index is 1.41. The Morgan fingerprint density at radius 3 is 2.38 bits per heavy atom. The second-order valence-electron chi connectivity index (χ2n) is 11.1.